The molecule has 4 aliphatic heterocycles. The number of carbonyl (C=O) groups excluding carboxylic acids is 2. The van der Waals surface area contributed by atoms with Gasteiger partial charge in [-0.2, -0.15) is 0 Å². The van der Waals surface area contributed by atoms with Crippen LogP contribution in [-0.4, -0.2) is 117 Å². The molecule has 0 bridgehead atoms. The summed E-state index contributed by atoms with van der Waals surface area (Å²) in [6.45, 7) is 6.90. The van der Waals surface area contributed by atoms with Crippen LogP contribution in [0.2, 0.25) is 0 Å². The quantitative estimate of drug-likeness (QED) is 0.137. The van der Waals surface area contributed by atoms with Crippen molar-refractivity contribution in [2.24, 2.45) is 0 Å². The molecule has 0 radical (unpaired) electrons. The first kappa shape index (κ1) is 40.2. The van der Waals surface area contributed by atoms with Crippen molar-refractivity contribution in [2.75, 3.05) is 65.7 Å². The van der Waals surface area contributed by atoms with Gasteiger partial charge in [0.25, 0.3) is 0 Å². The van der Waals surface area contributed by atoms with Gasteiger partial charge in [0.05, 0.1) is 62.3 Å². The molecule has 4 atom stereocenters. The van der Waals surface area contributed by atoms with E-state index in [4.69, 9.17) is 19.4 Å². The van der Waals surface area contributed by atoms with Gasteiger partial charge >= 0.3 is 0 Å². The molecule has 318 valence electrons. The van der Waals surface area contributed by atoms with Gasteiger partial charge in [0, 0.05) is 39.3 Å². The molecule has 12 nitrogen and oxygen atoms in total. The highest BCUT2D eigenvalue weighted by Gasteiger charge is 2.40. The summed E-state index contributed by atoms with van der Waals surface area (Å²) in [5.74, 6) is 1.92. The molecule has 12 heteroatoms. The van der Waals surface area contributed by atoms with E-state index in [1.165, 1.54) is 0 Å². The molecule has 4 fully saturated rings. The molecule has 0 saturated carbocycles. The lowest BCUT2D eigenvalue weighted by atomic mass is 10.0. The number of likely N-dealkylation sites (tertiary alicyclic amines) is 2. The van der Waals surface area contributed by atoms with Crippen molar-refractivity contribution in [1.29, 1.82) is 0 Å². The van der Waals surface area contributed by atoms with Crippen LogP contribution in [0.1, 0.15) is 72.6 Å². The molecule has 10 rings (SSSR count). The second kappa shape index (κ2) is 18.2. The van der Waals surface area contributed by atoms with Gasteiger partial charge < -0.3 is 29.2 Å². The van der Waals surface area contributed by atoms with Gasteiger partial charge in [-0.25, -0.2) is 9.97 Å². The fourth-order valence-corrected chi connectivity index (χ4v) is 9.89. The molecule has 0 spiro atoms. The predicted molar refractivity (Wildman–Crippen MR) is 238 cm³/mol. The number of aromatic amines is 2. The summed E-state index contributed by atoms with van der Waals surface area (Å²) in [5.41, 5.74) is 8.22. The lowest BCUT2D eigenvalue weighted by Crippen LogP contribution is -2.47. The third kappa shape index (κ3) is 8.23. The van der Waals surface area contributed by atoms with E-state index in [-0.39, 0.29) is 36.0 Å². The first-order chi connectivity index (χ1) is 30.6. The van der Waals surface area contributed by atoms with Gasteiger partial charge in [0.15, 0.2) is 0 Å². The van der Waals surface area contributed by atoms with E-state index in [2.05, 4.69) is 92.6 Å². The summed E-state index contributed by atoms with van der Waals surface area (Å²) in [5, 5.41) is 0. The second-order valence-corrected chi connectivity index (χ2v) is 16.8. The molecule has 0 aliphatic carbocycles. The predicted octanol–water partition coefficient (Wildman–Crippen LogP) is 7.61. The van der Waals surface area contributed by atoms with Crippen LogP contribution >= 0.6 is 0 Å². The maximum Gasteiger partial charge on any atom is 0.245 e. The number of carbonyl (C=O) groups is 2. The van der Waals surface area contributed by atoms with E-state index >= 15 is 0 Å². The molecule has 4 saturated heterocycles. The van der Waals surface area contributed by atoms with Gasteiger partial charge in [0.2, 0.25) is 11.8 Å². The summed E-state index contributed by atoms with van der Waals surface area (Å²) in [6.07, 6.45) is 7.42. The SMILES string of the molecule is O=C(C(c1ccccc1)N1CCOCC1)N1CCCC1c1ncc(-c2ccc(-c3ccc(-c4cnc(C5CCCN5C(=O)C(c5ccccc5)N5CCOCC5)[nH]4)cc3)cc2)[nH]1. The van der Waals surface area contributed by atoms with Crippen molar-refractivity contribution in [2.45, 2.75) is 49.9 Å². The zero-order valence-corrected chi connectivity index (χ0v) is 35.1. The van der Waals surface area contributed by atoms with Gasteiger partial charge in [-0.3, -0.25) is 19.4 Å². The number of hydrogen-bond donors (Lipinski definition) is 2. The van der Waals surface area contributed by atoms with Crippen LogP contribution in [0.3, 0.4) is 0 Å². The Balaban J connectivity index is 0.804. The molecule has 2 N–H and O–H groups in total. The number of imidazole rings is 2. The van der Waals surface area contributed by atoms with Crippen LogP contribution in [0.5, 0.6) is 0 Å². The van der Waals surface area contributed by atoms with Crippen molar-refractivity contribution in [3.05, 3.63) is 144 Å². The van der Waals surface area contributed by atoms with Crippen LogP contribution < -0.4 is 0 Å². The largest absolute Gasteiger partial charge is 0.379 e. The smallest absolute Gasteiger partial charge is 0.245 e. The normalized spacial score (nSPS) is 21.0. The lowest BCUT2D eigenvalue weighted by molar-refractivity contribution is -0.141. The fourth-order valence-electron chi connectivity index (χ4n) is 9.89. The highest BCUT2D eigenvalue weighted by molar-refractivity contribution is 5.85. The van der Waals surface area contributed by atoms with E-state index in [0.29, 0.717) is 39.5 Å². The van der Waals surface area contributed by atoms with Crippen molar-refractivity contribution in [3.8, 4) is 33.6 Å². The average molecular weight is 831 g/mol. The Morgan fingerprint density at radius 2 is 0.871 bits per heavy atom. The number of nitrogens with zero attached hydrogens (tertiary/aromatic N) is 6. The summed E-state index contributed by atoms with van der Waals surface area (Å²) in [7, 11) is 0. The highest BCUT2D eigenvalue weighted by atomic mass is 16.5. The molecular weight excluding hydrogens is 777 g/mol. The van der Waals surface area contributed by atoms with E-state index < -0.39 is 0 Å². The number of rotatable bonds is 11. The Morgan fingerprint density at radius 3 is 1.26 bits per heavy atom. The minimum atomic E-state index is -0.340. The third-order valence-corrected chi connectivity index (χ3v) is 13.1. The molecule has 62 heavy (non-hydrogen) atoms. The molecule has 4 unspecified atom stereocenters. The summed E-state index contributed by atoms with van der Waals surface area (Å²) in [6, 6.07) is 36.5. The Bertz CT molecular complexity index is 2250. The molecule has 2 amide bonds. The summed E-state index contributed by atoms with van der Waals surface area (Å²) in [4.78, 5) is 54.1. The molecular formula is C50H54N8O4. The van der Waals surface area contributed by atoms with E-state index in [1.807, 2.05) is 58.6 Å². The molecule has 6 aromatic rings. The minimum Gasteiger partial charge on any atom is -0.379 e. The van der Waals surface area contributed by atoms with Gasteiger partial charge in [-0.05, 0) is 59.1 Å². The van der Waals surface area contributed by atoms with Gasteiger partial charge in [-0.15, -0.1) is 0 Å². The van der Waals surface area contributed by atoms with E-state index in [9.17, 15) is 9.59 Å². The van der Waals surface area contributed by atoms with Crippen LogP contribution in [0.15, 0.2) is 122 Å². The fraction of sp³-hybridized carbons (Fsp3) is 0.360. The first-order valence-corrected chi connectivity index (χ1v) is 22.2. The average Bonchev–Trinajstić information content (AvgIpc) is 4.19. The number of aromatic nitrogens is 4. The lowest BCUT2D eigenvalue weighted by Gasteiger charge is -2.37. The van der Waals surface area contributed by atoms with Crippen LogP contribution in [-0.2, 0) is 19.1 Å². The highest BCUT2D eigenvalue weighted by Crippen LogP contribution is 2.38. The number of morpholine rings is 2. The van der Waals surface area contributed by atoms with Gasteiger partial charge in [0.1, 0.15) is 23.7 Å². The number of H-pyrrole nitrogens is 2. The van der Waals surface area contributed by atoms with Crippen molar-refractivity contribution in [1.82, 2.24) is 39.5 Å². The zero-order valence-electron chi connectivity index (χ0n) is 35.1. The van der Waals surface area contributed by atoms with Crippen molar-refractivity contribution >= 4 is 11.8 Å². The minimum absolute atomic E-state index is 0.0980. The van der Waals surface area contributed by atoms with Gasteiger partial charge in [-0.1, -0.05) is 109 Å². The molecule has 6 heterocycles. The summed E-state index contributed by atoms with van der Waals surface area (Å²) >= 11 is 0. The second-order valence-electron chi connectivity index (χ2n) is 16.8. The Morgan fingerprint density at radius 1 is 0.500 bits per heavy atom. The first-order valence-electron chi connectivity index (χ1n) is 22.2. The number of nitrogens with one attached hydrogen (secondary N) is 2. The maximum absolute atomic E-state index is 14.4. The van der Waals surface area contributed by atoms with E-state index in [1.54, 1.807) is 0 Å². The Labute approximate surface area is 362 Å². The maximum atomic E-state index is 14.4. The monoisotopic (exact) mass is 830 g/mol. The molecule has 2 aromatic heterocycles. The third-order valence-electron chi connectivity index (χ3n) is 13.1. The standard InChI is InChI=1S/C50H54N8O4/c59-49(45(39-9-3-1-4-10-39)55-25-29-61-30-26-55)57-23-7-13-43(57)47-51-33-41(53-47)37-19-15-35(16-20-37)36-17-21-38(22-18-36)42-34-52-48(54-42)44-14-8-24-58(44)50(60)46(40-11-5-2-6-12-40)56-27-31-62-32-28-56/h1-6,9-12,15-22,33-34,43-46H,7-8,13-14,23-32H2,(H,51,53)(H,52,54). The zero-order chi connectivity index (χ0) is 41.8. The number of ether oxygens (including phenoxy) is 2. The van der Waals surface area contributed by atoms with Crippen LogP contribution in [0, 0.1) is 0 Å². The molecule has 4 aliphatic rings. The van der Waals surface area contributed by atoms with E-state index in [0.717, 1.165) is 108 Å². The molecule has 4 aromatic carbocycles. The Kier molecular flexibility index (Phi) is 11.8. The number of benzene rings is 4. The van der Waals surface area contributed by atoms with Crippen molar-refractivity contribution in [3.63, 3.8) is 0 Å². The van der Waals surface area contributed by atoms with Crippen molar-refractivity contribution < 1.29 is 19.1 Å². The topological polar surface area (TPSA) is 123 Å². The number of amides is 2. The van der Waals surface area contributed by atoms with Crippen LogP contribution in [0.25, 0.3) is 33.6 Å². The summed E-state index contributed by atoms with van der Waals surface area (Å²) < 4.78 is 11.3. The Hall–Kier alpha value is -5.92. The van der Waals surface area contributed by atoms with Crippen LogP contribution in [0.4, 0.5) is 0 Å². The number of hydrogen-bond acceptors (Lipinski definition) is 8.